The number of rotatable bonds is 2. The molecule has 5 heteroatoms. The number of nitrogens with two attached hydrogens (primary N) is 2. The highest BCUT2D eigenvalue weighted by Crippen LogP contribution is 2.26. The van der Waals surface area contributed by atoms with Crippen LogP contribution < -0.4 is 16.4 Å². The maximum atomic E-state index is 11.5. The number of morpholine rings is 1. The van der Waals surface area contributed by atoms with Gasteiger partial charge in [-0.15, -0.1) is 0 Å². The van der Waals surface area contributed by atoms with E-state index in [0.717, 1.165) is 18.8 Å². The van der Waals surface area contributed by atoms with Gasteiger partial charge in [0.1, 0.15) is 0 Å². The van der Waals surface area contributed by atoms with Gasteiger partial charge in [-0.05, 0) is 32.0 Å². The molecule has 1 saturated heterocycles. The summed E-state index contributed by atoms with van der Waals surface area (Å²) in [5, 5.41) is 0. The molecular formula is C13H19N3O2. The molecule has 0 aromatic heterocycles. The number of hydrogen-bond donors (Lipinski definition) is 2. The minimum absolute atomic E-state index is 0.121. The van der Waals surface area contributed by atoms with Gasteiger partial charge in [-0.3, -0.25) is 4.79 Å². The second-order valence-electron chi connectivity index (χ2n) is 4.80. The van der Waals surface area contributed by atoms with Crippen LogP contribution in [0.2, 0.25) is 0 Å². The van der Waals surface area contributed by atoms with Crippen molar-refractivity contribution in [2.24, 2.45) is 5.73 Å². The van der Waals surface area contributed by atoms with Crippen LogP contribution in [0.25, 0.3) is 0 Å². The number of nitrogen functional groups attached to an aromatic ring is 1. The number of ether oxygens (including phenoxy) is 1. The maximum absolute atomic E-state index is 11.5. The molecule has 1 aromatic rings. The average Bonchev–Trinajstić information content (AvgIpc) is 2.27. The predicted molar refractivity (Wildman–Crippen MR) is 71.6 cm³/mol. The van der Waals surface area contributed by atoms with Crippen LogP contribution in [0, 0.1) is 0 Å². The Balaban J connectivity index is 2.36. The van der Waals surface area contributed by atoms with E-state index in [4.69, 9.17) is 16.2 Å². The number of nitrogens with zero attached hydrogens (tertiary/aromatic N) is 1. The summed E-state index contributed by atoms with van der Waals surface area (Å²) in [7, 11) is 0. The van der Waals surface area contributed by atoms with Gasteiger partial charge in [-0.1, -0.05) is 0 Å². The van der Waals surface area contributed by atoms with Crippen molar-refractivity contribution in [2.75, 3.05) is 23.7 Å². The van der Waals surface area contributed by atoms with Crippen LogP contribution >= 0.6 is 0 Å². The standard InChI is InChI=1S/C13H19N3O2/c1-8-6-16(7-9(2)18-8)12-5-10(14)3-4-11(12)13(15)17/h3-5,8-9H,6-7,14H2,1-2H3,(H2,15,17)/t8-,9+. The predicted octanol–water partition coefficient (Wildman–Crippen LogP) is 0.981. The van der Waals surface area contributed by atoms with Crippen LogP contribution in [0.1, 0.15) is 24.2 Å². The molecule has 0 radical (unpaired) electrons. The first-order valence-electron chi connectivity index (χ1n) is 6.07. The number of carbonyl (C=O) groups is 1. The van der Waals surface area contributed by atoms with Crippen LogP contribution in [0.15, 0.2) is 18.2 Å². The maximum Gasteiger partial charge on any atom is 0.250 e. The molecule has 1 fully saturated rings. The second kappa shape index (κ2) is 4.86. The molecule has 98 valence electrons. The highest BCUT2D eigenvalue weighted by atomic mass is 16.5. The molecule has 5 nitrogen and oxygen atoms in total. The van der Waals surface area contributed by atoms with Gasteiger partial charge in [0.05, 0.1) is 23.5 Å². The van der Waals surface area contributed by atoms with Gasteiger partial charge in [0.25, 0.3) is 5.91 Å². The molecule has 1 heterocycles. The largest absolute Gasteiger partial charge is 0.399 e. The third kappa shape index (κ3) is 2.56. The lowest BCUT2D eigenvalue weighted by Gasteiger charge is -2.37. The molecule has 0 unspecified atom stereocenters. The molecule has 4 N–H and O–H groups in total. The smallest absolute Gasteiger partial charge is 0.250 e. The Morgan fingerprint density at radius 3 is 2.50 bits per heavy atom. The van der Waals surface area contributed by atoms with Gasteiger partial charge in [-0.2, -0.15) is 0 Å². The molecule has 0 aliphatic carbocycles. The molecule has 1 aromatic carbocycles. The summed E-state index contributed by atoms with van der Waals surface area (Å²) in [5.41, 5.74) is 13.1. The summed E-state index contributed by atoms with van der Waals surface area (Å²) in [6.07, 6.45) is 0.242. The third-order valence-electron chi connectivity index (χ3n) is 3.05. The third-order valence-corrected chi connectivity index (χ3v) is 3.05. The number of hydrogen-bond acceptors (Lipinski definition) is 4. The Morgan fingerprint density at radius 1 is 1.33 bits per heavy atom. The minimum atomic E-state index is -0.434. The van der Waals surface area contributed by atoms with Gasteiger partial charge >= 0.3 is 0 Å². The number of benzene rings is 1. The van der Waals surface area contributed by atoms with Crippen molar-refractivity contribution in [3.05, 3.63) is 23.8 Å². The first-order chi connectivity index (χ1) is 8.47. The van der Waals surface area contributed by atoms with E-state index in [2.05, 4.69) is 4.90 Å². The molecule has 18 heavy (non-hydrogen) atoms. The van der Waals surface area contributed by atoms with E-state index in [1.54, 1.807) is 18.2 Å². The van der Waals surface area contributed by atoms with Crippen LogP contribution in [0.3, 0.4) is 0 Å². The number of carbonyl (C=O) groups excluding carboxylic acids is 1. The quantitative estimate of drug-likeness (QED) is 0.765. The summed E-state index contributed by atoms with van der Waals surface area (Å²) in [4.78, 5) is 13.6. The SMILES string of the molecule is C[C@@H]1CN(c2cc(N)ccc2C(N)=O)C[C@H](C)O1. The topological polar surface area (TPSA) is 81.6 Å². The van der Waals surface area contributed by atoms with Gasteiger partial charge in [0.2, 0.25) is 0 Å². The van der Waals surface area contributed by atoms with Crippen molar-refractivity contribution in [2.45, 2.75) is 26.1 Å². The van der Waals surface area contributed by atoms with Gasteiger partial charge in [0.15, 0.2) is 0 Å². The zero-order valence-corrected chi connectivity index (χ0v) is 10.7. The van der Waals surface area contributed by atoms with E-state index in [0.29, 0.717) is 11.3 Å². The number of amides is 1. The van der Waals surface area contributed by atoms with Gasteiger partial charge < -0.3 is 21.1 Å². The lowest BCUT2D eigenvalue weighted by molar-refractivity contribution is -0.00526. The molecule has 0 spiro atoms. The highest BCUT2D eigenvalue weighted by molar-refractivity contribution is 5.99. The molecule has 0 bridgehead atoms. The zero-order chi connectivity index (χ0) is 13.3. The van der Waals surface area contributed by atoms with E-state index in [1.807, 2.05) is 13.8 Å². The van der Waals surface area contributed by atoms with Gasteiger partial charge in [0, 0.05) is 18.8 Å². The van der Waals surface area contributed by atoms with Crippen LogP contribution in [0.5, 0.6) is 0 Å². The molecule has 2 atom stereocenters. The minimum Gasteiger partial charge on any atom is -0.399 e. The molecule has 2 rings (SSSR count). The Morgan fingerprint density at radius 2 is 1.94 bits per heavy atom. The van der Waals surface area contributed by atoms with E-state index in [9.17, 15) is 4.79 Å². The number of anilines is 2. The molecule has 1 amide bonds. The van der Waals surface area contributed by atoms with Crippen molar-refractivity contribution < 1.29 is 9.53 Å². The fraction of sp³-hybridized carbons (Fsp3) is 0.462. The van der Waals surface area contributed by atoms with Gasteiger partial charge in [-0.25, -0.2) is 0 Å². The second-order valence-corrected chi connectivity index (χ2v) is 4.80. The van der Waals surface area contributed by atoms with Crippen molar-refractivity contribution in [1.29, 1.82) is 0 Å². The normalized spacial score (nSPS) is 24.0. The van der Waals surface area contributed by atoms with Crippen molar-refractivity contribution in [3.8, 4) is 0 Å². The van der Waals surface area contributed by atoms with E-state index in [-0.39, 0.29) is 12.2 Å². The molecule has 1 aliphatic rings. The summed E-state index contributed by atoms with van der Waals surface area (Å²) >= 11 is 0. The fourth-order valence-electron chi connectivity index (χ4n) is 2.39. The highest BCUT2D eigenvalue weighted by Gasteiger charge is 2.25. The zero-order valence-electron chi connectivity index (χ0n) is 10.7. The summed E-state index contributed by atoms with van der Waals surface area (Å²) in [5.74, 6) is -0.434. The Kier molecular flexibility index (Phi) is 3.43. The lowest BCUT2D eigenvalue weighted by Crippen LogP contribution is -2.46. The first-order valence-corrected chi connectivity index (χ1v) is 6.07. The van der Waals surface area contributed by atoms with Crippen molar-refractivity contribution in [3.63, 3.8) is 0 Å². The van der Waals surface area contributed by atoms with Crippen molar-refractivity contribution >= 4 is 17.3 Å². The van der Waals surface area contributed by atoms with E-state index >= 15 is 0 Å². The average molecular weight is 249 g/mol. The molecule has 1 aliphatic heterocycles. The van der Waals surface area contributed by atoms with Crippen molar-refractivity contribution in [1.82, 2.24) is 0 Å². The lowest BCUT2D eigenvalue weighted by atomic mass is 10.1. The fourth-order valence-corrected chi connectivity index (χ4v) is 2.39. The van der Waals surface area contributed by atoms with E-state index in [1.165, 1.54) is 0 Å². The molecular weight excluding hydrogens is 230 g/mol. The van der Waals surface area contributed by atoms with Crippen LogP contribution in [-0.2, 0) is 4.74 Å². The summed E-state index contributed by atoms with van der Waals surface area (Å²) in [6, 6.07) is 5.17. The Labute approximate surface area is 107 Å². The molecule has 0 saturated carbocycles. The van der Waals surface area contributed by atoms with Crippen LogP contribution in [0.4, 0.5) is 11.4 Å². The number of primary amides is 1. The van der Waals surface area contributed by atoms with E-state index < -0.39 is 5.91 Å². The Bertz CT molecular complexity index is 452. The first kappa shape index (κ1) is 12.7. The summed E-state index contributed by atoms with van der Waals surface area (Å²) < 4.78 is 5.68. The Hall–Kier alpha value is -1.75. The van der Waals surface area contributed by atoms with Crippen LogP contribution in [-0.4, -0.2) is 31.2 Å². The monoisotopic (exact) mass is 249 g/mol. The summed E-state index contributed by atoms with van der Waals surface area (Å²) in [6.45, 7) is 5.49.